The third kappa shape index (κ3) is 3.78. The van der Waals surface area contributed by atoms with Crippen LogP contribution in [0, 0.1) is 6.92 Å². The minimum atomic E-state index is -3.69. The monoisotopic (exact) mass is 380 g/mol. The molecule has 0 saturated heterocycles. The fourth-order valence-corrected chi connectivity index (χ4v) is 3.98. The van der Waals surface area contributed by atoms with Crippen molar-refractivity contribution in [2.24, 2.45) is 5.14 Å². The van der Waals surface area contributed by atoms with Gasteiger partial charge in [0.15, 0.2) is 0 Å². The molecule has 0 aliphatic carbocycles. The first kappa shape index (κ1) is 17.0. The van der Waals surface area contributed by atoms with Crippen LogP contribution in [-0.2, 0) is 16.4 Å². The molecule has 9 heteroatoms. The van der Waals surface area contributed by atoms with Crippen LogP contribution in [0.25, 0.3) is 10.4 Å². The summed E-state index contributed by atoms with van der Waals surface area (Å²) < 4.78 is 22.7. The van der Waals surface area contributed by atoms with E-state index < -0.39 is 10.0 Å². The second-order valence-electron chi connectivity index (χ2n) is 5.10. The number of benzene rings is 1. The van der Waals surface area contributed by atoms with Crippen LogP contribution in [0.3, 0.4) is 0 Å². The average molecular weight is 381 g/mol. The Labute approximate surface area is 148 Å². The summed E-state index contributed by atoms with van der Waals surface area (Å²) in [4.78, 5) is 13.8. The Morgan fingerprint density at radius 1 is 1.17 bits per heavy atom. The second-order valence-corrected chi connectivity index (χ2v) is 8.13. The molecule has 0 bridgehead atoms. The lowest BCUT2D eigenvalue weighted by atomic mass is 10.2. The fraction of sp³-hybridized carbons (Fsp3) is 0.133. The van der Waals surface area contributed by atoms with E-state index in [1.165, 1.54) is 29.7 Å². The number of thiazole rings is 1. The van der Waals surface area contributed by atoms with Gasteiger partial charge in [-0.15, -0.1) is 11.3 Å². The summed E-state index contributed by atoms with van der Waals surface area (Å²) in [5.41, 5.74) is 2.50. The molecule has 0 aliphatic rings. The minimum Gasteiger partial charge on any atom is -0.260 e. The van der Waals surface area contributed by atoms with Gasteiger partial charge in [-0.05, 0) is 24.6 Å². The molecule has 2 heterocycles. The van der Waals surface area contributed by atoms with Gasteiger partial charge in [-0.1, -0.05) is 23.7 Å². The van der Waals surface area contributed by atoms with Gasteiger partial charge in [0.2, 0.25) is 10.0 Å². The first-order valence-corrected chi connectivity index (χ1v) is 9.63. The maximum absolute atomic E-state index is 11.3. The Morgan fingerprint density at radius 2 is 1.88 bits per heavy atom. The summed E-state index contributed by atoms with van der Waals surface area (Å²) in [7, 11) is -3.69. The van der Waals surface area contributed by atoms with Crippen LogP contribution >= 0.6 is 22.9 Å². The van der Waals surface area contributed by atoms with Crippen LogP contribution in [0.5, 0.6) is 0 Å². The number of hydrogen-bond donors (Lipinski definition) is 1. The zero-order chi connectivity index (χ0) is 17.3. The minimum absolute atomic E-state index is 0.0860. The molecular weight excluding hydrogens is 368 g/mol. The summed E-state index contributed by atoms with van der Waals surface area (Å²) in [5.74, 6) is 0. The van der Waals surface area contributed by atoms with E-state index in [9.17, 15) is 8.42 Å². The molecule has 0 spiro atoms. The topological polar surface area (TPSA) is 98.8 Å². The van der Waals surface area contributed by atoms with Gasteiger partial charge >= 0.3 is 0 Å². The quantitative estimate of drug-likeness (QED) is 0.750. The number of halogens is 1. The van der Waals surface area contributed by atoms with Crippen LogP contribution in [0.2, 0.25) is 5.15 Å². The second kappa shape index (κ2) is 6.56. The Bertz CT molecular complexity index is 985. The van der Waals surface area contributed by atoms with Crippen molar-refractivity contribution < 1.29 is 8.42 Å². The van der Waals surface area contributed by atoms with Crippen LogP contribution in [0.4, 0.5) is 0 Å². The van der Waals surface area contributed by atoms with Crippen LogP contribution in [0.15, 0.2) is 41.6 Å². The van der Waals surface area contributed by atoms with Gasteiger partial charge < -0.3 is 0 Å². The van der Waals surface area contributed by atoms with Crippen LogP contribution in [-0.4, -0.2) is 23.4 Å². The molecule has 2 N–H and O–H groups in total. The van der Waals surface area contributed by atoms with Crippen molar-refractivity contribution in [3.8, 4) is 10.4 Å². The first-order chi connectivity index (χ1) is 11.3. The van der Waals surface area contributed by atoms with Crippen molar-refractivity contribution in [1.82, 2.24) is 15.0 Å². The highest BCUT2D eigenvalue weighted by molar-refractivity contribution is 7.89. The smallest absolute Gasteiger partial charge is 0.238 e. The number of aryl methyl sites for hydroxylation is 1. The summed E-state index contributed by atoms with van der Waals surface area (Å²) in [6.45, 7) is 1.91. The zero-order valence-electron chi connectivity index (χ0n) is 12.6. The lowest BCUT2D eigenvalue weighted by molar-refractivity contribution is 0.598. The Balaban J connectivity index is 1.89. The van der Waals surface area contributed by atoms with Crippen molar-refractivity contribution in [3.05, 3.63) is 58.2 Å². The molecule has 1 aromatic carbocycles. The molecule has 0 fully saturated rings. The van der Waals surface area contributed by atoms with Crippen molar-refractivity contribution in [1.29, 1.82) is 0 Å². The van der Waals surface area contributed by atoms with E-state index in [-0.39, 0.29) is 4.90 Å². The highest BCUT2D eigenvalue weighted by Gasteiger charge is 2.13. The molecule has 0 aliphatic heterocycles. The van der Waals surface area contributed by atoms with Crippen molar-refractivity contribution in [2.45, 2.75) is 18.2 Å². The van der Waals surface area contributed by atoms with Gasteiger partial charge in [0, 0.05) is 12.6 Å². The molecule has 0 atom stereocenters. The molecule has 0 saturated carbocycles. The van der Waals surface area contributed by atoms with Crippen molar-refractivity contribution >= 4 is 33.0 Å². The molecule has 0 radical (unpaired) electrons. The van der Waals surface area contributed by atoms with E-state index in [0.717, 1.165) is 26.8 Å². The largest absolute Gasteiger partial charge is 0.260 e. The Morgan fingerprint density at radius 3 is 2.50 bits per heavy atom. The Kier molecular flexibility index (Phi) is 4.64. The van der Waals surface area contributed by atoms with Crippen molar-refractivity contribution in [3.63, 3.8) is 0 Å². The molecular formula is C15H13ClN4O2S2. The highest BCUT2D eigenvalue weighted by atomic mass is 35.5. The number of primary sulfonamides is 1. The van der Waals surface area contributed by atoms with Gasteiger partial charge in [-0.25, -0.2) is 23.5 Å². The number of sulfonamides is 1. The molecule has 0 amide bonds. The maximum Gasteiger partial charge on any atom is 0.238 e. The predicted molar refractivity (Wildman–Crippen MR) is 93.5 cm³/mol. The first-order valence-electron chi connectivity index (χ1n) is 6.89. The van der Waals surface area contributed by atoms with E-state index in [1.54, 1.807) is 18.3 Å². The number of nitrogens with zero attached hydrogens (tertiary/aromatic N) is 3. The van der Waals surface area contributed by atoms with Crippen LogP contribution < -0.4 is 5.14 Å². The zero-order valence-corrected chi connectivity index (χ0v) is 15.0. The van der Waals surface area contributed by atoms with Gasteiger partial charge in [0.25, 0.3) is 0 Å². The summed E-state index contributed by atoms with van der Waals surface area (Å²) in [5, 5.41) is 6.35. The van der Waals surface area contributed by atoms with E-state index in [2.05, 4.69) is 15.0 Å². The van der Waals surface area contributed by atoms with Gasteiger partial charge in [-0.3, -0.25) is 4.98 Å². The summed E-state index contributed by atoms with van der Waals surface area (Å²) in [6, 6.07) is 6.43. The van der Waals surface area contributed by atoms with E-state index in [4.69, 9.17) is 16.7 Å². The predicted octanol–water partition coefficient (Wildman–Crippen LogP) is 2.80. The molecule has 2 aromatic heterocycles. The number of hydrogen-bond acceptors (Lipinski definition) is 6. The molecule has 6 nitrogen and oxygen atoms in total. The van der Waals surface area contributed by atoms with Gasteiger partial charge in [-0.2, -0.15) is 0 Å². The highest BCUT2D eigenvalue weighted by Crippen LogP contribution is 2.31. The lowest BCUT2D eigenvalue weighted by Crippen LogP contribution is -2.11. The number of rotatable bonds is 4. The fourth-order valence-electron chi connectivity index (χ4n) is 2.21. The number of aromatic nitrogens is 3. The summed E-state index contributed by atoms with van der Waals surface area (Å²) in [6.07, 6.45) is 3.67. The third-order valence-corrected chi connectivity index (χ3v) is 5.59. The number of nitrogens with two attached hydrogens (primary N) is 1. The summed E-state index contributed by atoms with van der Waals surface area (Å²) >= 11 is 7.37. The lowest BCUT2D eigenvalue weighted by Gasteiger charge is -2.01. The van der Waals surface area contributed by atoms with Gasteiger partial charge in [0.1, 0.15) is 5.15 Å². The van der Waals surface area contributed by atoms with E-state index >= 15 is 0 Å². The molecule has 24 heavy (non-hydrogen) atoms. The molecule has 3 rings (SSSR count). The van der Waals surface area contributed by atoms with E-state index in [1.807, 2.05) is 6.92 Å². The molecule has 124 valence electrons. The average Bonchev–Trinajstić information content (AvgIpc) is 2.87. The Hall–Kier alpha value is -1.87. The SMILES string of the molecule is Cc1nc(Cc2cncc(Cl)n2)sc1-c1ccc(S(N)(=O)=O)cc1. The van der Waals surface area contributed by atoms with E-state index in [0.29, 0.717) is 11.6 Å². The third-order valence-electron chi connectivity index (χ3n) is 3.27. The molecule has 0 unspecified atom stereocenters. The van der Waals surface area contributed by atoms with Crippen molar-refractivity contribution in [2.75, 3.05) is 0 Å². The maximum atomic E-state index is 11.3. The normalized spacial score (nSPS) is 11.6. The van der Waals surface area contributed by atoms with Gasteiger partial charge in [0.05, 0.1) is 32.4 Å². The standard InChI is InChI=1S/C15H13ClN4O2S2/c1-9-15(10-2-4-12(5-3-10)24(17,21)22)23-14(19-9)6-11-7-18-8-13(16)20-11/h2-5,7-8H,6H2,1H3,(H2,17,21,22). The molecule has 3 aromatic rings. The van der Waals surface area contributed by atoms with Crippen LogP contribution in [0.1, 0.15) is 16.4 Å².